The standard InChI is InChI=1S/C17H19FN2O3/c1-12-4-2-3-5-16(12)20-17(22)19-10-14(21)11-23-15-8-6-13(18)7-9-15/h2-9,14,21H,10-11H2,1H3,(H2,19,20,22). The molecule has 23 heavy (non-hydrogen) atoms. The van der Waals surface area contributed by atoms with Crippen LogP contribution >= 0.6 is 0 Å². The second kappa shape index (κ2) is 8.14. The Morgan fingerprint density at radius 3 is 2.61 bits per heavy atom. The molecule has 6 heteroatoms. The minimum absolute atomic E-state index is 0.00369. The van der Waals surface area contributed by atoms with Gasteiger partial charge in [0.05, 0.1) is 0 Å². The van der Waals surface area contributed by atoms with Crippen LogP contribution in [-0.2, 0) is 0 Å². The fourth-order valence-electron chi connectivity index (χ4n) is 1.87. The first kappa shape index (κ1) is 16.8. The number of hydrogen-bond donors (Lipinski definition) is 3. The van der Waals surface area contributed by atoms with Crippen LogP contribution in [0.4, 0.5) is 14.9 Å². The van der Waals surface area contributed by atoms with Crippen LogP contribution in [0.2, 0.25) is 0 Å². The highest BCUT2D eigenvalue weighted by Crippen LogP contribution is 2.13. The predicted octanol–water partition coefficient (Wildman–Crippen LogP) is 2.70. The van der Waals surface area contributed by atoms with Crippen LogP contribution in [0.25, 0.3) is 0 Å². The molecule has 2 aromatic carbocycles. The summed E-state index contributed by atoms with van der Waals surface area (Å²) in [5.41, 5.74) is 1.66. The molecule has 0 spiro atoms. The van der Waals surface area contributed by atoms with Crippen LogP contribution in [0.3, 0.4) is 0 Å². The molecule has 1 atom stereocenters. The summed E-state index contributed by atoms with van der Waals surface area (Å²) < 4.78 is 18.0. The minimum atomic E-state index is -0.873. The SMILES string of the molecule is Cc1ccccc1NC(=O)NCC(O)COc1ccc(F)cc1. The first-order valence-electron chi connectivity index (χ1n) is 7.21. The Bertz CT molecular complexity index is 647. The highest BCUT2D eigenvalue weighted by atomic mass is 19.1. The molecule has 0 aliphatic carbocycles. The summed E-state index contributed by atoms with van der Waals surface area (Å²) in [5, 5.41) is 15.1. The Balaban J connectivity index is 1.71. The van der Waals surface area contributed by atoms with Gasteiger partial charge in [-0.3, -0.25) is 0 Å². The van der Waals surface area contributed by atoms with E-state index in [1.54, 1.807) is 6.07 Å². The van der Waals surface area contributed by atoms with Gasteiger partial charge in [0.2, 0.25) is 0 Å². The van der Waals surface area contributed by atoms with Gasteiger partial charge < -0.3 is 20.5 Å². The molecule has 2 rings (SSSR count). The summed E-state index contributed by atoms with van der Waals surface area (Å²) in [6.07, 6.45) is -0.873. The van der Waals surface area contributed by atoms with Crippen molar-refractivity contribution in [2.75, 3.05) is 18.5 Å². The van der Waals surface area contributed by atoms with E-state index in [9.17, 15) is 14.3 Å². The van der Waals surface area contributed by atoms with E-state index < -0.39 is 12.1 Å². The van der Waals surface area contributed by atoms with Gasteiger partial charge in [-0.15, -0.1) is 0 Å². The maximum absolute atomic E-state index is 12.7. The van der Waals surface area contributed by atoms with Gasteiger partial charge in [-0.2, -0.15) is 0 Å². The van der Waals surface area contributed by atoms with Crippen molar-refractivity contribution >= 4 is 11.7 Å². The van der Waals surface area contributed by atoms with Crippen LogP contribution in [0.1, 0.15) is 5.56 Å². The van der Waals surface area contributed by atoms with Gasteiger partial charge in [0, 0.05) is 12.2 Å². The van der Waals surface area contributed by atoms with Gasteiger partial charge in [0.25, 0.3) is 0 Å². The fourth-order valence-corrected chi connectivity index (χ4v) is 1.87. The largest absolute Gasteiger partial charge is 0.491 e. The summed E-state index contributed by atoms with van der Waals surface area (Å²) in [7, 11) is 0. The minimum Gasteiger partial charge on any atom is -0.491 e. The van der Waals surface area contributed by atoms with Crippen LogP contribution in [-0.4, -0.2) is 30.4 Å². The molecule has 0 aliphatic rings. The number of para-hydroxylation sites is 1. The average molecular weight is 318 g/mol. The van der Waals surface area contributed by atoms with E-state index in [-0.39, 0.29) is 19.0 Å². The monoisotopic (exact) mass is 318 g/mol. The zero-order valence-corrected chi connectivity index (χ0v) is 12.8. The Labute approximate surface area is 134 Å². The van der Waals surface area contributed by atoms with E-state index in [4.69, 9.17) is 4.74 Å². The first-order chi connectivity index (χ1) is 11.0. The number of benzene rings is 2. The Morgan fingerprint density at radius 1 is 1.22 bits per heavy atom. The maximum atomic E-state index is 12.7. The second-order valence-corrected chi connectivity index (χ2v) is 5.07. The zero-order chi connectivity index (χ0) is 16.7. The number of nitrogens with one attached hydrogen (secondary N) is 2. The zero-order valence-electron chi connectivity index (χ0n) is 12.8. The highest BCUT2D eigenvalue weighted by Gasteiger charge is 2.09. The number of amides is 2. The first-order valence-corrected chi connectivity index (χ1v) is 7.21. The van der Waals surface area contributed by atoms with Gasteiger partial charge in [-0.05, 0) is 42.8 Å². The van der Waals surface area contributed by atoms with Crippen molar-refractivity contribution < 1.29 is 19.0 Å². The lowest BCUT2D eigenvalue weighted by Gasteiger charge is -2.14. The summed E-state index contributed by atoms with van der Waals surface area (Å²) in [4.78, 5) is 11.8. The van der Waals surface area contributed by atoms with E-state index in [0.717, 1.165) is 5.56 Å². The van der Waals surface area contributed by atoms with E-state index in [2.05, 4.69) is 10.6 Å². The van der Waals surface area contributed by atoms with Crippen molar-refractivity contribution in [3.8, 4) is 5.75 Å². The summed E-state index contributed by atoms with van der Waals surface area (Å²) in [5.74, 6) is 0.0993. The number of carbonyl (C=O) groups is 1. The fraction of sp³-hybridized carbons (Fsp3) is 0.235. The number of hydrogen-bond acceptors (Lipinski definition) is 3. The molecule has 0 fully saturated rings. The molecule has 5 nitrogen and oxygen atoms in total. The smallest absolute Gasteiger partial charge is 0.319 e. The lowest BCUT2D eigenvalue weighted by molar-refractivity contribution is 0.108. The molecule has 0 saturated carbocycles. The number of aliphatic hydroxyl groups excluding tert-OH is 1. The third-order valence-corrected chi connectivity index (χ3v) is 3.15. The van der Waals surface area contributed by atoms with Crippen molar-refractivity contribution in [2.24, 2.45) is 0 Å². The van der Waals surface area contributed by atoms with Crippen LogP contribution in [0.15, 0.2) is 48.5 Å². The number of halogens is 1. The second-order valence-electron chi connectivity index (χ2n) is 5.07. The van der Waals surface area contributed by atoms with Crippen molar-refractivity contribution in [1.29, 1.82) is 0 Å². The molecule has 0 radical (unpaired) electrons. The third kappa shape index (κ3) is 5.60. The number of rotatable bonds is 6. The molecule has 0 saturated heterocycles. The molecule has 2 aromatic rings. The average Bonchev–Trinajstić information content (AvgIpc) is 2.54. The van der Waals surface area contributed by atoms with Crippen molar-refractivity contribution in [1.82, 2.24) is 5.32 Å². The van der Waals surface area contributed by atoms with Crippen molar-refractivity contribution in [3.63, 3.8) is 0 Å². The number of anilines is 1. The van der Waals surface area contributed by atoms with E-state index in [1.165, 1.54) is 24.3 Å². The molecular formula is C17H19FN2O3. The van der Waals surface area contributed by atoms with Gasteiger partial charge in [0.15, 0.2) is 0 Å². The number of aliphatic hydroxyl groups is 1. The van der Waals surface area contributed by atoms with E-state index >= 15 is 0 Å². The van der Waals surface area contributed by atoms with E-state index in [1.807, 2.05) is 25.1 Å². The van der Waals surface area contributed by atoms with Gasteiger partial charge >= 0.3 is 6.03 Å². The Hall–Kier alpha value is -2.60. The number of urea groups is 1. The van der Waals surface area contributed by atoms with Crippen LogP contribution < -0.4 is 15.4 Å². The molecule has 2 amide bonds. The molecule has 0 aromatic heterocycles. The van der Waals surface area contributed by atoms with Crippen molar-refractivity contribution in [3.05, 3.63) is 59.9 Å². The number of aryl methyl sites for hydroxylation is 1. The molecule has 0 aliphatic heterocycles. The van der Waals surface area contributed by atoms with Crippen molar-refractivity contribution in [2.45, 2.75) is 13.0 Å². The summed E-state index contributed by atoms with van der Waals surface area (Å²) in [6.45, 7) is 1.93. The Kier molecular flexibility index (Phi) is 5.94. The molecule has 3 N–H and O–H groups in total. The quantitative estimate of drug-likeness (QED) is 0.767. The van der Waals surface area contributed by atoms with Crippen LogP contribution in [0.5, 0.6) is 5.75 Å². The molecular weight excluding hydrogens is 299 g/mol. The molecule has 1 unspecified atom stereocenters. The topological polar surface area (TPSA) is 70.6 Å². The Morgan fingerprint density at radius 2 is 1.91 bits per heavy atom. The van der Waals surface area contributed by atoms with E-state index in [0.29, 0.717) is 11.4 Å². The molecule has 122 valence electrons. The maximum Gasteiger partial charge on any atom is 0.319 e. The molecule has 0 heterocycles. The summed E-state index contributed by atoms with van der Waals surface area (Å²) in [6, 6.07) is 12.5. The van der Waals surface area contributed by atoms with Gasteiger partial charge in [0.1, 0.15) is 24.3 Å². The highest BCUT2D eigenvalue weighted by molar-refractivity contribution is 5.89. The summed E-state index contributed by atoms with van der Waals surface area (Å²) >= 11 is 0. The number of carbonyl (C=O) groups excluding carboxylic acids is 1. The molecule has 0 bridgehead atoms. The predicted molar refractivity (Wildman–Crippen MR) is 86.1 cm³/mol. The van der Waals surface area contributed by atoms with Gasteiger partial charge in [-0.1, -0.05) is 18.2 Å². The normalized spacial score (nSPS) is 11.6. The third-order valence-electron chi connectivity index (χ3n) is 3.15. The lowest BCUT2D eigenvalue weighted by atomic mass is 10.2. The van der Waals surface area contributed by atoms with Crippen LogP contribution in [0, 0.1) is 12.7 Å². The number of ether oxygens (including phenoxy) is 1. The lowest BCUT2D eigenvalue weighted by Crippen LogP contribution is -2.37. The van der Waals surface area contributed by atoms with Gasteiger partial charge in [-0.25, -0.2) is 9.18 Å².